The van der Waals surface area contributed by atoms with E-state index in [9.17, 15) is 4.79 Å². The van der Waals surface area contributed by atoms with Gasteiger partial charge in [-0.25, -0.2) is 4.79 Å². The van der Waals surface area contributed by atoms with Crippen LogP contribution >= 0.6 is 0 Å². The molecule has 0 fully saturated rings. The third kappa shape index (κ3) is 3.75. The summed E-state index contributed by atoms with van der Waals surface area (Å²) < 4.78 is 15.4. The van der Waals surface area contributed by atoms with E-state index in [0.29, 0.717) is 25.6 Å². The van der Waals surface area contributed by atoms with Gasteiger partial charge >= 0.3 is 5.97 Å². The van der Waals surface area contributed by atoms with E-state index in [1.165, 1.54) is 6.07 Å². The molecule has 0 amide bonds. The molecule has 6 heteroatoms. The molecular weight excluding hydrogens is 238 g/mol. The van der Waals surface area contributed by atoms with E-state index in [2.05, 4.69) is 0 Å². The Balaban J connectivity index is 2.82. The Bertz CT molecular complexity index is 376. The average molecular weight is 257 g/mol. The summed E-state index contributed by atoms with van der Waals surface area (Å²) in [6, 6.07) is 3.15. The molecule has 0 aliphatic rings. The summed E-state index contributed by atoms with van der Waals surface area (Å²) in [6.07, 6.45) is 0. The zero-order valence-corrected chi connectivity index (χ0v) is 10.9. The standard InChI is InChI=1S/C12H19NO5/c1-9(8-17-3)13(6-7-16-2)11-5-4-10(18-11)12(14)15/h4-5,9H,6-8H2,1-3H3,(H,14,15). The van der Waals surface area contributed by atoms with Crippen LogP contribution in [-0.4, -0.2) is 51.1 Å². The number of hydrogen-bond acceptors (Lipinski definition) is 5. The number of hydrogen-bond donors (Lipinski definition) is 1. The van der Waals surface area contributed by atoms with Crippen LogP contribution in [0.25, 0.3) is 0 Å². The van der Waals surface area contributed by atoms with Crippen LogP contribution in [0.3, 0.4) is 0 Å². The van der Waals surface area contributed by atoms with Crippen molar-refractivity contribution in [2.75, 3.05) is 38.9 Å². The van der Waals surface area contributed by atoms with Crippen molar-refractivity contribution in [1.29, 1.82) is 0 Å². The molecule has 1 unspecified atom stereocenters. The minimum absolute atomic E-state index is 0.0675. The van der Waals surface area contributed by atoms with Crippen molar-refractivity contribution < 1.29 is 23.8 Å². The van der Waals surface area contributed by atoms with E-state index >= 15 is 0 Å². The van der Waals surface area contributed by atoms with Crippen LogP contribution in [0.2, 0.25) is 0 Å². The fourth-order valence-electron chi connectivity index (χ4n) is 1.67. The van der Waals surface area contributed by atoms with Gasteiger partial charge in [0.25, 0.3) is 0 Å². The van der Waals surface area contributed by atoms with Crippen molar-refractivity contribution in [1.82, 2.24) is 0 Å². The molecule has 0 spiro atoms. The molecule has 1 aromatic heterocycles. The van der Waals surface area contributed by atoms with E-state index in [-0.39, 0.29) is 11.8 Å². The number of nitrogens with zero attached hydrogens (tertiary/aromatic N) is 1. The van der Waals surface area contributed by atoms with Crippen LogP contribution in [0.1, 0.15) is 17.5 Å². The summed E-state index contributed by atoms with van der Waals surface area (Å²) in [5.74, 6) is -0.640. The highest BCUT2D eigenvalue weighted by Crippen LogP contribution is 2.20. The molecule has 0 aliphatic heterocycles. The fraction of sp³-hybridized carbons (Fsp3) is 0.583. The Morgan fingerprint density at radius 2 is 2.17 bits per heavy atom. The van der Waals surface area contributed by atoms with Gasteiger partial charge in [-0.3, -0.25) is 0 Å². The van der Waals surface area contributed by atoms with Gasteiger partial charge in [-0.05, 0) is 13.0 Å². The molecule has 1 rings (SSSR count). The third-order valence-corrected chi connectivity index (χ3v) is 2.56. The number of anilines is 1. The summed E-state index contributed by atoms with van der Waals surface area (Å²) in [5, 5.41) is 8.84. The molecule has 1 aromatic rings. The average Bonchev–Trinajstić information content (AvgIpc) is 2.79. The van der Waals surface area contributed by atoms with Crippen LogP contribution < -0.4 is 4.90 Å². The Morgan fingerprint density at radius 3 is 2.67 bits per heavy atom. The van der Waals surface area contributed by atoms with Crippen molar-refractivity contribution in [2.45, 2.75) is 13.0 Å². The van der Waals surface area contributed by atoms with Crippen LogP contribution in [0, 0.1) is 0 Å². The summed E-state index contributed by atoms with van der Waals surface area (Å²) >= 11 is 0. The van der Waals surface area contributed by atoms with Crippen molar-refractivity contribution >= 4 is 11.9 Å². The third-order valence-electron chi connectivity index (χ3n) is 2.56. The molecule has 18 heavy (non-hydrogen) atoms. The number of carboxylic acid groups (broad SMARTS) is 1. The number of methoxy groups -OCH3 is 2. The minimum atomic E-state index is -1.08. The van der Waals surface area contributed by atoms with Crippen molar-refractivity contribution in [3.05, 3.63) is 17.9 Å². The molecule has 0 radical (unpaired) electrons. The van der Waals surface area contributed by atoms with Crippen molar-refractivity contribution in [3.63, 3.8) is 0 Å². The van der Waals surface area contributed by atoms with Crippen LogP contribution in [0.15, 0.2) is 16.5 Å². The molecule has 0 bridgehead atoms. The predicted octanol–water partition coefficient (Wildman–Crippen LogP) is 1.47. The molecule has 1 N–H and O–H groups in total. The molecule has 102 valence electrons. The van der Waals surface area contributed by atoms with E-state index in [0.717, 1.165) is 0 Å². The summed E-state index contributed by atoms with van der Waals surface area (Å²) in [5.41, 5.74) is 0. The molecular formula is C12H19NO5. The summed E-state index contributed by atoms with van der Waals surface area (Å²) in [4.78, 5) is 12.7. The van der Waals surface area contributed by atoms with Gasteiger partial charge in [-0.15, -0.1) is 0 Å². The molecule has 6 nitrogen and oxygen atoms in total. The Labute approximate surface area is 106 Å². The predicted molar refractivity (Wildman–Crippen MR) is 66.2 cm³/mol. The monoisotopic (exact) mass is 257 g/mol. The van der Waals surface area contributed by atoms with Gasteiger partial charge < -0.3 is 23.9 Å². The van der Waals surface area contributed by atoms with E-state index in [1.807, 2.05) is 11.8 Å². The van der Waals surface area contributed by atoms with Crippen LogP contribution in [0.5, 0.6) is 0 Å². The van der Waals surface area contributed by atoms with Gasteiger partial charge in [0.1, 0.15) is 0 Å². The number of carboxylic acids is 1. The number of rotatable bonds is 8. The van der Waals surface area contributed by atoms with E-state index < -0.39 is 5.97 Å². The Kier molecular flexibility index (Phi) is 5.67. The fourth-order valence-corrected chi connectivity index (χ4v) is 1.67. The zero-order valence-electron chi connectivity index (χ0n) is 10.9. The first-order valence-corrected chi connectivity index (χ1v) is 5.67. The van der Waals surface area contributed by atoms with E-state index in [1.54, 1.807) is 20.3 Å². The highest BCUT2D eigenvalue weighted by Gasteiger charge is 2.19. The molecule has 0 aliphatic carbocycles. The normalized spacial score (nSPS) is 12.4. The molecule has 0 saturated carbocycles. The maximum absolute atomic E-state index is 10.8. The smallest absolute Gasteiger partial charge is 0.371 e. The van der Waals surface area contributed by atoms with Gasteiger partial charge in [-0.2, -0.15) is 0 Å². The number of ether oxygens (including phenoxy) is 2. The van der Waals surface area contributed by atoms with Crippen molar-refractivity contribution in [2.24, 2.45) is 0 Å². The largest absolute Gasteiger partial charge is 0.475 e. The number of aromatic carboxylic acids is 1. The number of carbonyl (C=O) groups is 1. The van der Waals surface area contributed by atoms with Crippen LogP contribution in [-0.2, 0) is 9.47 Å². The molecule has 0 saturated heterocycles. The maximum atomic E-state index is 10.8. The first kappa shape index (κ1) is 14.5. The van der Waals surface area contributed by atoms with Gasteiger partial charge in [0.2, 0.25) is 5.76 Å². The lowest BCUT2D eigenvalue weighted by atomic mass is 10.3. The van der Waals surface area contributed by atoms with Gasteiger partial charge in [0.05, 0.1) is 19.3 Å². The summed E-state index contributed by atoms with van der Waals surface area (Å²) in [6.45, 7) is 3.62. The van der Waals surface area contributed by atoms with Gasteiger partial charge in [-0.1, -0.05) is 0 Å². The summed E-state index contributed by atoms with van der Waals surface area (Å²) in [7, 11) is 3.24. The van der Waals surface area contributed by atoms with Gasteiger partial charge in [0, 0.05) is 26.8 Å². The topological polar surface area (TPSA) is 72.1 Å². The van der Waals surface area contributed by atoms with Gasteiger partial charge in [0.15, 0.2) is 5.88 Å². The lowest BCUT2D eigenvalue weighted by Crippen LogP contribution is -2.38. The minimum Gasteiger partial charge on any atom is -0.475 e. The molecule has 1 heterocycles. The highest BCUT2D eigenvalue weighted by atomic mass is 16.5. The maximum Gasteiger partial charge on any atom is 0.371 e. The molecule has 0 aromatic carbocycles. The second-order valence-corrected chi connectivity index (χ2v) is 3.93. The second kappa shape index (κ2) is 7.03. The van der Waals surface area contributed by atoms with Crippen molar-refractivity contribution in [3.8, 4) is 0 Å². The SMILES string of the molecule is COCCN(c1ccc(C(=O)O)o1)C(C)COC. The first-order chi connectivity index (χ1) is 8.60. The van der Waals surface area contributed by atoms with Crippen LogP contribution in [0.4, 0.5) is 5.88 Å². The Morgan fingerprint density at radius 1 is 1.44 bits per heavy atom. The lowest BCUT2D eigenvalue weighted by Gasteiger charge is -2.28. The quantitative estimate of drug-likeness (QED) is 0.760. The van der Waals surface area contributed by atoms with E-state index in [4.69, 9.17) is 19.0 Å². The highest BCUT2D eigenvalue weighted by molar-refractivity contribution is 5.84. The molecule has 1 atom stereocenters. The number of furan rings is 1. The Hall–Kier alpha value is -1.53. The first-order valence-electron chi connectivity index (χ1n) is 5.67. The zero-order chi connectivity index (χ0) is 13.5. The second-order valence-electron chi connectivity index (χ2n) is 3.93. The lowest BCUT2D eigenvalue weighted by molar-refractivity contribution is 0.0662.